The van der Waals surface area contributed by atoms with Crippen molar-refractivity contribution in [3.8, 4) is 0 Å². The molecule has 0 spiro atoms. The number of benzene rings is 1. The van der Waals surface area contributed by atoms with Crippen molar-refractivity contribution in [3.05, 3.63) is 34.3 Å². The molecule has 0 aliphatic heterocycles. The molecule has 1 fully saturated rings. The summed E-state index contributed by atoms with van der Waals surface area (Å²) >= 11 is 3.55. The van der Waals surface area contributed by atoms with Crippen LogP contribution in [0.1, 0.15) is 32.3 Å². The van der Waals surface area contributed by atoms with Gasteiger partial charge in [0.05, 0.1) is 0 Å². The summed E-state index contributed by atoms with van der Waals surface area (Å²) in [5.74, 6) is 2.19. The molecule has 0 heterocycles. The molecule has 2 rings (SSSR count). The monoisotopic (exact) mass is 281 g/mol. The molecule has 2 heteroatoms. The van der Waals surface area contributed by atoms with E-state index in [1.165, 1.54) is 10.0 Å². The second-order valence-electron chi connectivity index (χ2n) is 4.88. The average molecular weight is 282 g/mol. The van der Waals surface area contributed by atoms with Gasteiger partial charge in [0.2, 0.25) is 0 Å². The van der Waals surface area contributed by atoms with Crippen molar-refractivity contribution < 1.29 is 0 Å². The van der Waals surface area contributed by atoms with E-state index in [4.69, 9.17) is 0 Å². The number of hydrogen-bond acceptors (Lipinski definition) is 1. The maximum atomic E-state index is 3.58. The number of nitrogens with one attached hydrogen (secondary N) is 1. The average Bonchev–Trinajstić information content (AvgIpc) is 2.26. The van der Waals surface area contributed by atoms with Gasteiger partial charge in [-0.1, -0.05) is 48.8 Å². The van der Waals surface area contributed by atoms with Crippen molar-refractivity contribution in [2.45, 2.75) is 32.7 Å². The van der Waals surface area contributed by atoms with Gasteiger partial charge in [-0.05, 0) is 42.0 Å². The predicted octanol–water partition coefficient (Wildman–Crippen LogP) is 3.80. The highest BCUT2D eigenvalue weighted by molar-refractivity contribution is 9.10. The van der Waals surface area contributed by atoms with Crippen LogP contribution in [0.3, 0.4) is 0 Å². The maximum Gasteiger partial charge on any atom is 0.0178 e. The molecule has 0 bridgehead atoms. The maximum absolute atomic E-state index is 3.58. The Balaban J connectivity index is 2.13. The van der Waals surface area contributed by atoms with Gasteiger partial charge in [-0.25, -0.2) is 0 Å². The minimum absolute atomic E-state index is 0.689. The zero-order valence-corrected chi connectivity index (χ0v) is 11.8. The van der Waals surface area contributed by atoms with Crippen molar-refractivity contribution >= 4 is 15.9 Å². The van der Waals surface area contributed by atoms with Gasteiger partial charge in [-0.2, -0.15) is 0 Å². The van der Waals surface area contributed by atoms with E-state index in [-0.39, 0.29) is 0 Å². The Hall–Kier alpha value is -0.340. The van der Waals surface area contributed by atoms with Crippen molar-refractivity contribution in [1.82, 2.24) is 5.32 Å². The van der Waals surface area contributed by atoms with Crippen LogP contribution >= 0.6 is 15.9 Å². The Morgan fingerprint density at radius 1 is 1.25 bits per heavy atom. The molecule has 1 N–H and O–H groups in total. The Kier molecular flexibility index (Phi) is 3.70. The van der Waals surface area contributed by atoms with Crippen LogP contribution in [0.2, 0.25) is 0 Å². The van der Waals surface area contributed by atoms with E-state index < -0.39 is 0 Å². The molecule has 1 aliphatic carbocycles. The first-order valence-corrected chi connectivity index (χ1v) is 6.93. The fourth-order valence-electron chi connectivity index (χ4n) is 3.19. The van der Waals surface area contributed by atoms with Crippen molar-refractivity contribution in [3.63, 3.8) is 0 Å². The summed E-state index contributed by atoms with van der Waals surface area (Å²) in [4.78, 5) is 0. The first kappa shape index (κ1) is 12.1. The standard InChI is InChI=1S/C14H20BrN/c1-4-16-14-9(2)13(10(14)3)11-6-5-7-12(15)8-11/h5-10,13-14,16H,4H2,1-3H3. The van der Waals surface area contributed by atoms with E-state index in [1.807, 2.05) is 0 Å². The SMILES string of the molecule is CCNC1C(C)C(c2cccc(Br)c2)C1C. The third-order valence-electron chi connectivity index (χ3n) is 3.94. The highest BCUT2D eigenvalue weighted by Gasteiger charge is 2.44. The summed E-state index contributed by atoms with van der Waals surface area (Å²) in [7, 11) is 0. The summed E-state index contributed by atoms with van der Waals surface area (Å²) in [6.07, 6.45) is 0. The zero-order chi connectivity index (χ0) is 11.7. The molecular weight excluding hydrogens is 262 g/mol. The fraction of sp³-hybridized carbons (Fsp3) is 0.571. The molecule has 1 nitrogen and oxygen atoms in total. The summed E-state index contributed by atoms with van der Waals surface area (Å²) in [5.41, 5.74) is 1.48. The Morgan fingerprint density at radius 3 is 2.50 bits per heavy atom. The zero-order valence-electron chi connectivity index (χ0n) is 10.2. The second-order valence-corrected chi connectivity index (χ2v) is 5.80. The molecule has 1 aliphatic rings. The van der Waals surface area contributed by atoms with Crippen LogP contribution in [0, 0.1) is 11.8 Å². The Bertz CT molecular complexity index is 354. The number of halogens is 1. The normalized spacial score (nSPS) is 33.5. The van der Waals surface area contributed by atoms with Crippen LogP contribution in [-0.4, -0.2) is 12.6 Å². The number of hydrogen-bond donors (Lipinski definition) is 1. The molecule has 0 saturated heterocycles. The summed E-state index contributed by atoms with van der Waals surface area (Å²) < 4.78 is 1.19. The molecule has 0 amide bonds. The topological polar surface area (TPSA) is 12.0 Å². The molecule has 2 unspecified atom stereocenters. The molecule has 0 aromatic heterocycles. The predicted molar refractivity (Wildman–Crippen MR) is 72.7 cm³/mol. The lowest BCUT2D eigenvalue weighted by Crippen LogP contribution is -2.54. The number of rotatable bonds is 3. The third-order valence-corrected chi connectivity index (χ3v) is 4.43. The van der Waals surface area contributed by atoms with Gasteiger partial charge in [0.15, 0.2) is 0 Å². The smallest absolute Gasteiger partial charge is 0.0178 e. The Labute approximate surface area is 107 Å². The Morgan fingerprint density at radius 2 is 1.94 bits per heavy atom. The van der Waals surface area contributed by atoms with E-state index in [1.54, 1.807) is 0 Å². The van der Waals surface area contributed by atoms with E-state index in [9.17, 15) is 0 Å². The lowest BCUT2D eigenvalue weighted by molar-refractivity contribution is 0.0982. The van der Waals surface area contributed by atoms with Crippen LogP contribution in [0.5, 0.6) is 0 Å². The van der Waals surface area contributed by atoms with Crippen molar-refractivity contribution in [2.24, 2.45) is 11.8 Å². The van der Waals surface area contributed by atoms with Gasteiger partial charge in [-0.3, -0.25) is 0 Å². The first-order valence-electron chi connectivity index (χ1n) is 6.14. The van der Waals surface area contributed by atoms with E-state index in [2.05, 4.69) is 66.3 Å². The fourth-order valence-corrected chi connectivity index (χ4v) is 3.60. The van der Waals surface area contributed by atoms with E-state index in [0.717, 1.165) is 18.4 Å². The molecule has 1 saturated carbocycles. The van der Waals surface area contributed by atoms with Crippen molar-refractivity contribution in [2.75, 3.05) is 6.54 Å². The quantitative estimate of drug-likeness (QED) is 0.889. The molecule has 88 valence electrons. The third kappa shape index (κ3) is 2.05. The van der Waals surface area contributed by atoms with Gasteiger partial charge in [0, 0.05) is 10.5 Å². The first-order chi connectivity index (χ1) is 7.65. The van der Waals surface area contributed by atoms with Crippen LogP contribution in [0.15, 0.2) is 28.7 Å². The van der Waals surface area contributed by atoms with Gasteiger partial charge >= 0.3 is 0 Å². The molecule has 1 aromatic carbocycles. The summed E-state index contributed by atoms with van der Waals surface area (Å²) in [6.45, 7) is 7.98. The van der Waals surface area contributed by atoms with E-state index >= 15 is 0 Å². The van der Waals surface area contributed by atoms with Crippen LogP contribution in [0.25, 0.3) is 0 Å². The van der Waals surface area contributed by atoms with Crippen LogP contribution in [0.4, 0.5) is 0 Å². The van der Waals surface area contributed by atoms with Gasteiger partial charge in [0.1, 0.15) is 0 Å². The molecule has 1 aromatic rings. The summed E-state index contributed by atoms with van der Waals surface area (Å²) in [6, 6.07) is 9.44. The highest BCUT2D eigenvalue weighted by atomic mass is 79.9. The second kappa shape index (κ2) is 4.89. The molecular formula is C14H20BrN. The van der Waals surface area contributed by atoms with Crippen LogP contribution in [-0.2, 0) is 0 Å². The van der Waals surface area contributed by atoms with Gasteiger partial charge < -0.3 is 5.32 Å². The molecule has 16 heavy (non-hydrogen) atoms. The minimum atomic E-state index is 0.689. The highest BCUT2D eigenvalue weighted by Crippen LogP contribution is 2.47. The van der Waals surface area contributed by atoms with Gasteiger partial charge in [0.25, 0.3) is 0 Å². The molecule has 0 radical (unpaired) electrons. The lowest BCUT2D eigenvalue weighted by atomic mass is 9.59. The minimum Gasteiger partial charge on any atom is -0.314 e. The van der Waals surface area contributed by atoms with Crippen LogP contribution < -0.4 is 5.32 Å². The van der Waals surface area contributed by atoms with Crippen molar-refractivity contribution in [1.29, 1.82) is 0 Å². The lowest BCUT2D eigenvalue weighted by Gasteiger charge is -2.50. The van der Waals surface area contributed by atoms with Gasteiger partial charge in [-0.15, -0.1) is 0 Å². The van der Waals surface area contributed by atoms with E-state index in [0.29, 0.717) is 12.0 Å². The molecule has 2 atom stereocenters. The largest absolute Gasteiger partial charge is 0.314 e. The summed E-state index contributed by atoms with van der Waals surface area (Å²) in [5, 5.41) is 3.58.